The molecule has 3 nitrogen and oxygen atoms in total. The van der Waals surface area contributed by atoms with Crippen LogP contribution in [0.5, 0.6) is 0 Å². The topological polar surface area (TPSA) is 52.3 Å². The lowest BCUT2D eigenvalue weighted by Gasteiger charge is -2.04. The summed E-state index contributed by atoms with van der Waals surface area (Å²) < 4.78 is 4.97. The Morgan fingerprint density at radius 1 is 1.80 bits per heavy atom. The third-order valence-corrected chi connectivity index (χ3v) is 1.67. The molecule has 0 aromatic carbocycles. The zero-order valence-electron chi connectivity index (χ0n) is 6.33. The molecular weight excluding hydrogens is 130 g/mol. The number of carbonyl (C=O) groups is 1. The van der Waals surface area contributed by atoms with E-state index in [-0.39, 0.29) is 12.1 Å². The largest absolute Gasteiger partial charge is 0.461 e. The summed E-state index contributed by atoms with van der Waals surface area (Å²) in [6, 6.07) is -0.479. The molecular formula is C7H13NO2. The Labute approximate surface area is 60.5 Å². The summed E-state index contributed by atoms with van der Waals surface area (Å²) in [5, 5.41) is 0. The fourth-order valence-corrected chi connectivity index (χ4v) is 0.709. The maximum atomic E-state index is 10.8. The molecule has 58 valence electrons. The lowest BCUT2D eigenvalue weighted by Crippen LogP contribution is -2.29. The van der Waals surface area contributed by atoms with Gasteiger partial charge in [-0.1, -0.05) is 6.92 Å². The number of rotatable bonds is 2. The van der Waals surface area contributed by atoms with Crippen LogP contribution < -0.4 is 5.73 Å². The van der Waals surface area contributed by atoms with Gasteiger partial charge < -0.3 is 10.5 Å². The van der Waals surface area contributed by atoms with Gasteiger partial charge in [0, 0.05) is 0 Å². The first-order chi connectivity index (χ1) is 4.61. The number of carbonyl (C=O) groups excluding carboxylic acids is 1. The molecule has 1 aliphatic rings. The SMILES string of the molecule is CC1CC1OC(=O)[C@@H](C)N. The second-order valence-electron chi connectivity index (χ2n) is 2.98. The van der Waals surface area contributed by atoms with Crippen LogP contribution in [0.25, 0.3) is 0 Å². The highest BCUT2D eigenvalue weighted by Gasteiger charge is 2.36. The number of esters is 1. The van der Waals surface area contributed by atoms with Crippen LogP contribution in [0.15, 0.2) is 0 Å². The fourth-order valence-electron chi connectivity index (χ4n) is 0.709. The van der Waals surface area contributed by atoms with Crippen molar-refractivity contribution in [1.29, 1.82) is 0 Å². The summed E-state index contributed by atoms with van der Waals surface area (Å²) in [7, 11) is 0. The van der Waals surface area contributed by atoms with E-state index in [0.29, 0.717) is 5.92 Å². The predicted octanol–water partition coefficient (Wildman–Crippen LogP) is 0.285. The van der Waals surface area contributed by atoms with E-state index >= 15 is 0 Å². The molecule has 0 aromatic rings. The molecule has 3 heteroatoms. The van der Waals surface area contributed by atoms with Crippen LogP contribution in [0.2, 0.25) is 0 Å². The summed E-state index contributed by atoms with van der Waals surface area (Å²) in [5.41, 5.74) is 5.28. The van der Waals surface area contributed by atoms with E-state index in [1.807, 2.05) is 0 Å². The van der Waals surface area contributed by atoms with Gasteiger partial charge in [0.2, 0.25) is 0 Å². The van der Waals surface area contributed by atoms with Gasteiger partial charge >= 0.3 is 5.97 Å². The van der Waals surface area contributed by atoms with Crippen molar-refractivity contribution in [2.45, 2.75) is 32.4 Å². The first kappa shape index (κ1) is 7.54. The lowest BCUT2D eigenvalue weighted by atomic mass is 10.4. The minimum absolute atomic E-state index is 0.151. The molecule has 0 spiro atoms. The van der Waals surface area contributed by atoms with Gasteiger partial charge in [-0.25, -0.2) is 0 Å². The average molecular weight is 143 g/mol. The Bertz CT molecular complexity index is 145. The highest BCUT2D eigenvalue weighted by Crippen LogP contribution is 2.32. The monoisotopic (exact) mass is 143 g/mol. The smallest absolute Gasteiger partial charge is 0.322 e. The first-order valence-corrected chi connectivity index (χ1v) is 3.57. The number of ether oxygens (including phenoxy) is 1. The molecule has 0 aromatic heterocycles. The van der Waals surface area contributed by atoms with Gasteiger partial charge in [0.1, 0.15) is 12.1 Å². The van der Waals surface area contributed by atoms with Gasteiger partial charge in [-0.3, -0.25) is 4.79 Å². The Balaban J connectivity index is 2.20. The van der Waals surface area contributed by atoms with E-state index in [4.69, 9.17) is 10.5 Å². The highest BCUT2D eigenvalue weighted by molar-refractivity contribution is 5.75. The highest BCUT2D eigenvalue weighted by atomic mass is 16.6. The van der Waals surface area contributed by atoms with E-state index < -0.39 is 6.04 Å². The van der Waals surface area contributed by atoms with Crippen LogP contribution in [0.3, 0.4) is 0 Å². The molecule has 1 saturated carbocycles. The van der Waals surface area contributed by atoms with E-state index in [2.05, 4.69) is 6.92 Å². The number of hydrogen-bond acceptors (Lipinski definition) is 3. The molecule has 0 heterocycles. The third-order valence-electron chi connectivity index (χ3n) is 1.67. The van der Waals surface area contributed by atoms with Crippen LogP contribution in [0.4, 0.5) is 0 Å². The average Bonchev–Trinajstić information content (AvgIpc) is 2.46. The standard InChI is InChI=1S/C7H13NO2/c1-4-3-6(4)10-7(9)5(2)8/h4-6H,3,8H2,1-2H3/t4?,5-,6?/m1/s1. The van der Waals surface area contributed by atoms with Gasteiger partial charge in [-0.05, 0) is 19.3 Å². The van der Waals surface area contributed by atoms with Gasteiger partial charge in [0.05, 0.1) is 0 Å². The summed E-state index contributed by atoms with van der Waals surface area (Å²) in [5.74, 6) is 0.261. The van der Waals surface area contributed by atoms with Gasteiger partial charge in [-0.2, -0.15) is 0 Å². The molecule has 0 amide bonds. The second kappa shape index (κ2) is 2.58. The Kier molecular flexibility index (Phi) is 1.94. The number of nitrogens with two attached hydrogens (primary N) is 1. The first-order valence-electron chi connectivity index (χ1n) is 3.57. The van der Waals surface area contributed by atoms with Crippen molar-refractivity contribution < 1.29 is 9.53 Å². The maximum absolute atomic E-state index is 10.8. The van der Waals surface area contributed by atoms with Crippen LogP contribution in [-0.4, -0.2) is 18.1 Å². The van der Waals surface area contributed by atoms with Crippen molar-refractivity contribution in [3.8, 4) is 0 Å². The molecule has 10 heavy (non-hydrogen) atoms. The van der Waals surface area contributed by atoms with Crippen molar-refractivity contribution in [2.24, 2.45) is 11.7 Å². The summed E-state index contributed by atoms with van der Waals surface area (Å²) in [4.78, 5) is 10.8. The molecule has 0 bridgehead atoms. The molecule has 2 N–H and O–H groups in total. The molecule has 2 unspecified atom stereocenters. The van der Waals surface area contributed by atoms with E-state index in [9.17, 15) is 4.79 Å². The van der Waals surface area contributed by atoms with Crippen LogP contribution in [0.1, 0.15) is 20.3 Å². The summed E-state index contributed by atoms with van der Waals surface area (Å²) in [6.07, 6.45) is 1.15. The normalized spacial score (nSPS) is 33.1. The van der Waals surface area contributed by atoms with Gasteiger partial charge in [-0.15, -0.1) is 0 Å². The Hall–Kier alpha value is -0.570. The molecule has 3 atom stereocenters. The molecule has 0 radical (unpaired) electrons. The van der Waals surface area contributed by atoms with Crippen LogP contribution in [0, 0.1) is 5.92 Å². The van der Waals surface area contributed by atoms with Crippen molar-refractivity contribution in [1.82, 2.24) is 0 Å². The van der Waals surface area contributed by atoms with Crippen molar-refractivity contribution >= 4 is 5.97 Å². The van der Waals surface area contributed by atoms with Gasteiger partial charge in [0.15, 0.2) is 0 Å². The Morgan fingerprint density at radius 2 is 2.30 bits per heavy atom. The fraction of sp³-hybridized carbons (Fsp3) is 0.857. The van der Waals surface area contributed by atoms with Crippen molar-refractivity contribution in [3.63, 3.8) is 0 Å². The van der Waals surface area contributed by atoms with E-state index in [0.717, 1.165) is 6.42 Å². The minimum atomic E-state index is -0.479. The predicted molar refractivity (Wildman–Crippen MR) is 37.3 cm³/mol. The van der Waals surface area contributed by atoms with Gasteiger partial charge in [0.25, 0.3) is 0 Å². The molecule has 0 saturated heterocycles. The third kappa shape index (κ3) is 1.70. The van der Waals surface area contributed by atoms with E-state index in [1.54, 1.807) is 6.92 Å². The van der Waals surface area contributed by atoms with Crippen LogP contribution >= 0.6 is 0 Å². The minimum Gasteiger partial charge on any atom is -0.461 e. The molecule has 0 aliphatic heterocycles. The van der Waals surface area contributed by atoms with Crippen LogP contribution in [-0.2, 0) is 9.53 Å². The zero-order chi connectivity index (χ0) is 7.72. The van der Waals surface area contributed by atoms with Crippen molar-refractivity contribution in [2.75, 3.05) is 0 Å². The van der Waals surface area contributed by atoms with Crippen molar-refractivity contribution in [3.05, 3.63) is 0 Å². The zero-order valence-corrected chi connectivity index (χ0v) is 6.33. The Morgan fingerprint density at radius 3 is 2.60 bits per heavy atom. The van der Waals surface area contributed by atoms with E-state index in [1.165, 1.54) is 0 Å². The number of hydrogen-bond donors (Lipinski definition) is 1. The quantitative estimate of drug-likeness (QED) is 0.565. The maximum Gasteiger partial charge on any atom is 0.322 e. The molecule has 1 aliphatic carbocycles. The molecule has 1 fully saturated rings. The lowest BCUT2D eigenvalue weighted by molar-refractivity contribution is -0.146. The second-order valence-corrected chi connectivity index (χ2v) is 2.98. The summed E-state index contributed by atoms with van der Waals surface area (Å²) >= 11 is 0. The molecule has 1 rings (SSSR count). The summed E-state index contributed by atoms with van der Waals surface area (Å²) in [6.45, 7) is 3.69.